The highest BCUT2D eigenvalue weighted by molar-refractivity contribution is 5.90. The molecule has 0 heterocycles. The zero-order chi connectivity index (χ0) is 12.0. The molecule has 2 N–H and O–H groups in total. The van der Waals surface area contributed by atoms with Crippen molar-refractivity contribution in [1.29, 1.82) is 0 Å². The monoisotopic (exact) mass is 217 g/mol. The van der Waals surface area contributed by atoms with Crippen LogP contribution in [-0.4, -0.2) is 13.0 Å². The molecule has 0 aliphatic heterocycles. The number of primary amides is 1. The van der Waals surface area contributed by atoms with Gasteiger partial charge in [-0.2, -0.15) is 0 Å². The molecule has 0 aliphatic carbocycles. The summed E-state index contributed by atoms with van der Waals surface area (Å²) in [6, 6.07) is 8.04. The second-order valence-electron chi connectivity index (χ2n) is 3.37. The SMILES string of the molecule is CO/C(=C\C=C\c1ccc(C)cc1)C(N)=O. The highest BCUT2D eigenvalue weighted by Gasteiger charge is 2.00. The van der Waals surface area contributed by atoms with Gasteiger partial charge in [-0.15, -0.1) is 0 Å². The largest absolute Gasteiger partial charge is 0.491 e. The Kier molecular flexibility index (Phi) is 4.33. The molecule has 16 heavy (non-hydrogen) atoms. The summed E-state index contributed by atoms with van der Waals surface area (Å²) in [7, 11) is 1.41. The van der Waals surface area contributed by atoms with Crippen molar-refractivity contribution in [3.05, 3.63) is 53.3 Å². The number of carbonyl (C=O) groups is 1. The van der Waals surface area contributed by atoms with E-state index in [2.05, 4.69) is 0 Å². The number of methoxy groups -OCH3 is 1. The second kappa shape index (κ2) is 5.75. The molecule has 0 unspecified atom stereocenters. The maximum Gasteiger partial charge on any atom is 0.283 e. The first kappa shape index (κ1) is 12.0. The van der Waals surface area contributed by atoms with Gasteiger partial charge in [-0.05, 0) is 18.6 Å². The van der Waals surface area contributed by atoms with Gasteiger partial charge in [0.25, 0.3) is 5.91 Å². The summed E-state index contributed by atoms with van der Waals surface area (Å²) < 4.78 is 4.80. The summed E-state index contributed by atoms with van der Waals surface area (Å²) in [6.07, 6.45) is 5.15. The van der Waals surface area contributed by atoms with E-state index in [4.69, 9.17) is 10.5 Å². The molecular weight excluding hydrogens is 202 g/mol. The Hall–Kier alpha value is -2.03. The Morgan fingerprint density at radius 1 is 1.31 bits per heavy atom. The fourth-order valence-corrected chi connectivity index (χ4v) is 1.17. The molecule has 84 valence electrons. The Labute approximate surface area is 95.2 Å². The minimum Gasteiger partial charge on any atom is -0.491 e. The van der Waals surface area contributed by atoms with Crippen LogP contribution in [-0.2, 0) is 9.53 Å². The first-order chi connectivity index (χ1) is 7.63. The lowest BCUT2D eigenvalue weighted by Gasteiger charge is -1.98. The van der Waals surface area contributed by atoms with E-state index in [1.54, 1.807) is 12.2 Å². The molecule has 0 aromatic heterocycles. The van der Waals surface area contributed by atoms with E-state index in [9.17, 15) is 4.79 Å². The summed E-state index contributed by atoms with van der Waals surface area (Å²) >= 11 is 0. The highest BCUT2D eigenvalue weighted by atomic mass is 16.5. The van der Waals surface area contributed by atoms with Crippen LogP contribution < -0.4 is 5.73 Å². The van der Waals surface area contributed by atoms with Crippen LogP contribution in [0.4, 0.5) is 0 Å². The maximum absolute atomic E-state index is 10.8. The van der Waals surface area contributed by atoms with Crippen LogP contribution >= 0.6 is 0 Å². The lowest BCUT2D eigenvalue weighted by Crippen LogP contribution is -2.14. The number of carbonyl (C=O) groups excluding carboxylic acids is 1. The van der Waals surface area contributed by atoms with Crippen molar-refractivity contribution in [3.8, 4) is 0 Å². The summed E-state index contributed by atoms with van der Waals surface area (Å²) in [6.45, 7) is 2.03. The predicted octanol–water partition coefficient (Wildman–Crippen LogP) is 2.02. The molecule has 0 saturated carbocycles. The quantitative estimate of drug-likeness (QED) is 0.476. The zero-order valence-electron chi connectivity index (χ0n) is 9.44. The van der Waals surface area contributed by atoms with Gasteiger partial charge in [-0.1, -0.05) is 42.0 Å². The number of hydrogen-bond donors (Lipinski definition) is 1. The minimum absolute atomic E-state index is 0.142. The lowest BCUT2D eigenvalue weighted by molar-refractivity contribution is -0.117. The molecule has 0 radical (unpaired) electrons. The first-order valence-electron chi connectivity index (χ1n) is 4.92. The molecule has 1 aromatic rings. The van der Waals surface area contributed by atoms with Crippen molar-refractivity contribution in [2.45, 2.75) is 6.92 Å². The molecule has 1 aromatic carbocycles. The summed E-state index contributed by atoms with van der Waals surface area (Å²) in [5, 5.41) is 0. The van der Waals surface area contributed by atoms with Crippen molar-refractivity contribution in [3.63, 3.8) is 0 Å². The van der Waals surface area contributed by atoms with Crippen LogP contribution in [0.25, 0.3) is 6.08 Å². The maximum atomic E-state index is 10.8. The molecular formula is C13H15NO2. The van der Waals surface area contributed by atoms with Crippen molar-refractivity contribution < 1.29 is 9.53 Å². The molecule has 0 spiro atoms. The van der Waals surface area contributed by atoms with Crippen LogP contribution in [0, 0.1) is 6.92 Å². The van der Waals surface area contributed by atoms with Gasteiger partial charge < -0.3 is 10.5 Å². The predicted molar refractivity (Wildman–Crippen MR) is 64.5 cm³/mol. The second-order valence-corrected chi connectivity index (χ2v) is 3.37. The summed E-state index contributed by atoms with van der Waals surface area (Å²) in [5.41, 5.74) is 7.35. The van der Waals surface area contributed by atoms with E-state index in [0.29, 0.717) is 0 Å². The van der Waals surface area contributed by atoms with Crippen molar-refractivity contribution in [2.24, 2.45) is 5.73 Å². The van der Waals surface area contributed by atoms with Gasteiger partial charge in [0, 0.05) is 0 Å². The highest BCUT2D eigenvalue weighted by Crippen LogP contribution is 2.05. The fraction of sp³-hybridized carbons (Fsp3) is 0.154. The van der Waals surface area contributed by atoms with Gasteiger partial charge in [0.1, 0.15) is 0 Å². The summed E-state index contributed by atoms with van der Waals surface area (Å²) in [5.74, 6) is -0.431. The Bertz CT molecular complexity index is 416. The van der Waals surface area contributed by atoms with Crippen LogP contribution in [0.15, 0.2) is 42.2 Å². The van der Waals surface area contributed by atoms with E-state index >= 15 is 0 Å². The van der Waals surface area contributed by atoms with Crippen LogP contribution in [0.5, 0.6) is 0 Å². The Morgan fingerprint density at radius 3 is 2.44 bits per heavy atom. The molecule has 0 atom stereocenters. The van der Waals surface area contributed by atoms with Gasteiger partial charge in [-0.25, -0.2) is 0 Å². The topological polar surface area (TPSA) is 52.3 Å². The van der Waals surface area contributed by atoms with E-state index in [1.165, 1.54) is 12.7 Å². The third kappa shape index (κ3) is 3.61. The fourth-order valence-electron chi connectivity index (χ4n) is 1.17. The van der Waals surface area contributed by atoms with E-state index in [0.717, 1.165) is 5.56 Å². The van der Waals surface area contributed by atoms with Crippen molar-refractivity contribution in [2.75, 3.05) is 7.11 Å². The van der Waals surface area contributed by atoms with Crippen molar-refractivity contribution in [1.82, 2.24) is 0 Å². The number of hydrogen-bond acceptors (Lipinski definition) is 2. The number of benzene rings is 1. The summed E-state index contributed by atoms with van der Waals surface area (Å²) in [4.78, 5) is 10.8. The Balaban J connectivity index is 2.74. The standard InChI is InChI=1S/C13H15NO2/c1-10-6-8-11(9-7-10)4-3-5-12(16-2)13(14)15/h3-9H,1-2H3,(H2,14,15)/b4-3+,12-5-. The Morgan fingerprint density at radius 2 is 1.94 bits per heavy atom. The average molecular weight is 217 g/mol. The third-order valence-electron chi connectivity index (χ3n) is 2.08. The number of allylic oxidation sites excluding steroid dienone is 2. The molecule has 1 amide bonds. The van der Waals surface area contributed by atoms with Crippen LogP contribution in [0.2, 0.25) is 0 Å². The van der Waals surface area contributed by atoms with Gasteiger partial charge in [0.15, 0.2) is 5.76 Å². The number of rotatable bonds is 4. The van der Waals surface area contributed by atoms with Crippen LogP contribution in [0.3, 0.4) is 0 Å². The zero-order valence-corrected chi connectivity index (χ0v) is 9.44. The van der Waals surface area contributed by atoms with Crippen LogP contribution in [0.1, 0.15) is 11.1 Å². The minimum atomic E-state index is -0.573. The molecule has 0 aliphatic rings. The van der Waals surface area contributed by atoms with Gasteiger partial charge in [0.05, 0.1) is 7.11 Å². The molecule has 3 nitrogen and oxygen atoms in total. The number of ether oxygens (including phenoxy) is 1. The number of aryl methyl sites for hydroxylation is 1. The van der Waals surface area contributed by atoms with Crippen molar-refractivity contribution >= 4 is 12.0 Å². The molecule has 1 rings (SSSR count). The molecule has 0 saturated heterocycles. The lowest BCUT2D eigenvalue weighted by atomic mass is 10.1. The van der Waals surface area contributed by atoms with Gasteiger partial charge in [0.2, 0.25) is 0 Å². The van der Waals surface area contributed by atoms with E-state index in [-0.39, 0.29) is 5.76 Å². The molecule has 0 bridgehead atoms. The average Bonchev–Trinajstić information content (AvgIpc) is 2.26. The molecule has 3 heteroatoms. The van der Waals surface area contributed by atoms with Gasteiger partial charge >= 0.3 is 0 Å². The first-order valence-corrected chi connectivity index (χ1v) is 4.92. The molecule has 0 fully saturated rings. The van der Waals surface area contributed by atoms with E-state index < -0.39 is 5.91 Å². The third-order valence-corrected chi connectivity index (χ3v) is 2.08. The number of amides is 1. The number of nitrogens with two attached hydrogens (primary N) is 1. The van der Waals surface area contributed by atoms with E-state index in [1.807, 2.05) is 37.3 Å². The smallest absolute Gasteiger partial charge is 0.283 e. The van der Waals surface area contributed by atoms with Gasteiger partial charge in [-0.3, -0.25) is 4.79 Å². The normalized spacial score (nSPS) is 11.8.